The maximum atomic E-state index is 10.6. The average Bonchev–Trinajstić information content (AvgIpc) is 3.10. The van der Waals surface area contributed by atoms with E-state index in [1.54, 1.807) is 0 Å². The highest BCUT2D eigenvalue weighted by atomic mass is 32.2. The molecule has 4 nitrogen and oxygen atoms in total. The van der Waals surface area contributed by atoms with E-state index in [0.717, 1.165) is 37.9 Å². The highest BCUT2D eigenvalue weighted by Gasteiger charge is 2.46. The predicted molar refractivity (Wildman–Crippen MR) is 107 cm³/mol. The molecular formula is C21H36O4S. The molecule has 0 bridgehead atoms. The monoisotopic (exact) mass is 384 g/mol. The van der Waals surface area contributed by atoms with Crippen LogP contribution in [0.3, 0.4) is 0 Å². The topological polar surface area (TPSA) is 77.8 Å². The summed E-state index contributed by atoms with van der Waals surface area (Å²) in [6.45, 7) is 2.19. The molecular weight excluding hydrogens is 348 g/mol. The molecule has 5 heteroatoms. The zero-order valence-electron chi connectivity index (χ0n) is 16.1. The molecule has 26 heavy (non-hydrogen) atoms. The summed E-state index contributed by atoms with van der Waals surface area (Å²) in [6, 6.07) is 0. The second-order valence-corrected chi connectivity index (χ2v) is 9.28. The molecule has 2 rings (SSSR count). The number of rotatable bonds is 12. The number of aliphatic carboxylic acids is 1. The summed E-state index contributed by atoms with van der Waals surface area (Å²) >= 11 is 1.51. The van der Waals surface area contributed by atoms with Gasteiger partial charge in [-0.25, -0.2) is 0 Å². The average molecular weight is 385 g/mol. The van der Waals surface area contributed by atoms with Crippen LogP contribution in [0, 0.1) is 23.7 Å². The van der Waals surface area contributed by atoms with Crippen LogP contribution in [0.4, 0.5) is 0 Å². The van der Waals surface area contributed by atoms with E-state index < -0.39 is 5.97 Å². The summed E-state index contributed by atoms with van der Waals surface area (Å²) in [4.78, 5) is 10.6. The molecule has 2 fully saturated rings. The third-order valence-electron chi connectivity index (χ3n) is 6.13. The van der Waals surface area contributed by atoms with Crippen LogP contribution in [0.2, 0.25) is 0 Å². The molecule has 2 aliphatic rings. The van der Waals surface area contributed by atoms with Gasteiger partial charge in [0.05, 0.1) is 18.0 Å². The number of aliphatic hydroxyl groups excluding tert-OH is 2. The number of unbranched alkanes of at least 4 members (excludes halogenated alkanes) is 3. The van der Waals surface area contributed by atoms with Crippen molar-refractivity contribution in [3.8, 4) is 0 Å². The van der Waals surface area contributed by atoms with Crippen molar-refractivity contribution < 1.29 is 20.1 Å². The molecule has 0 aromatic rings. The molecule has 2 saturated carbocycles. The maximum absolute atomic E-state index is 10.6. The third-order valence-corrected chi connectivity index (χ3v) is 7.11. The van der Waals surface area contributed by atoms with E-state index in [-0.39, 0.29) is 23.9 Å². The van der Waals surface area contributed by atoms with Crippen molar-refractivity contribution in [2.75, 3.05) is 11.5 Å². The summed E-state index contributed by atoms with van der Waals surface area (Å²) < 4.78 is 0. The Hall–Kier alpha value is -0.520. The van der Waals surface area contributed by atoms with Gasteiger partial charge in [-0.15, -0.1) is 0 Å². The minimum atomic E-state index is -0.736. The summed E-state index contributed by atoms with van der Waals surface area (Å²) in [6.07, 6.45) is 13.1. The van der Waals surface area contributed by atoms with Crippen LogP contribution in [0.5, 0.6) is 0 Å². The van der Waals surface area contributed by atoms with Gasteiger partial charge < -0.3 is 15.3 Å². The molecule has 0 saturated heterocycles. The summed E-state index contributed by atoms with van der Waals surface area (Å²) in [5.41, 5.74) is 0. The Morgan fingerprint density at radius 2 is 2.04 bits per heavy atom. The molecule has 2 aliphatic carbocycles. The molecule has 2 unspecified atom stereocenters. The Morgan fingerprint density at radius 1 is 1.23 bits per heavy atom. The van der Waals surface area contributed by atoms with Gasteiger partial charge in [0.2, 0.25) is 0 Å². The van der Waals surface area contributed by atoms with E-state index in [1.807, 2.05) is 6.08 Å². The Balaban J connectivity index is 1.74. The molecule has 0 aromatic carbocycles. The number of carbonyl (C=O) groups is 1. The molecule has 0 radical (unpaired) electrons. The van der Waals surface area contributed by atoms with Gasteiger partial charge in [0, 0.05) is 5.92 Å². The van der Waals surface area contributed by atoms with Crippen molar-refractivity contribution in [3.05, 3.63) is 12.2 Å². The van der Waals surface area contributed by atoms with E-state index >= 15 is 0 Å². The van der Waals surface area contributed by atoms with Gasteiger partial charge in [0.25, 0.3) is 0 Å². The zero-order valence-corrected chi connectivity index (χ0v) is 16.9. The Kier molecular flexibility index (Phi) is 9.51. The minimum absolute atomic E-state index is 0.182. The first-order valence-electron chi connectivity index (χ1n) is 10.3. The van der Waals surface area contributed by atoms with E-state index in [4.69, 9.17) is 5.11 Å². The highest BCUT2D eigenvalue weighted by Crippen LogP contribution is 2.51. The second kappa shape index (κ2) is 11.4. The molecule has 0 spiro atoms. The largest absolute Gasteiger partial charge is 0.481 e. The standard InChI is InChI=1S/C21H36O4S/c1-2-3-4-5-6-17(22)7-8-18-19-12-15(9-10-26-14-21(24)25)11-16(19)13-20(18)23/h7-8,15-20,22-23H,2-6,9-14H2,1H3,(H,24,25)/t15?,16-,17?,18-,19+,20-/m0/s1. The summed E-state index contributed by atoms with van der Waals surface area (Å²) in [5, 5.41) is 29.3. The lowest BCUT2D eigenvalue weighted by molar-refractivity contribution is -0.133. The first kappa shape index (κ1) is 21.8. The number of hydrogen-bond donors (Lipinski definition) is 3. The zero-order chi connectivity index (χ0) is 18.9. The first-order valence-corrected chi connectivity index (χ1v) is 11.5. The normalized spacial score (nSPS) is 32.2. The van der Waals surface area contributed by atoms with Crippen LogP contribution in [-0.2, 0) is 4.79 Å². The van der Waals surface area contributed by atoms with Gasteiger partial charge in [-0.3, -0.25) is 4.79 Å². The predicted octanol–water partition coefficient (Wildman–Crippen LogP) is 4.11. The Bertz CT molecular complexity index is 453. The number of carboxylic acid groups (broad SMARTS) is 1. The molecule has 150 valence electrons. The van der Waals surface area contributed by atoms with Crippen molar-refractivity contribution in [3.63, 3.8) is 0 Å². The minimum Gasteiger partial charge on any atom is -0.481 e. The lowest BCUT2D eigenvalue weighted by Gasteiger charge is -2.19. The molecule has 0 aromatic heterocycles. The lowest BCUT2D eigenvalue weighted by Crippen LogP contribution is -2.18. The first-order chi connectivity index (χ1) is 12.5. The van der Waals surface area contributed by atoms with Crippen LogP contribution < -0.4 is 0 Å². The van der Waals surface area contributed by atoms with Gasteiger partial charge >= 0.3 is 5.97 Å². The van der Waals surface area contributed by atoms with Crippen molar-refractivity contribution in [1.29, 1.82) is 0 Å². The van der Waals surface area contributed by atoms with Gasteiger partial charge in [-0.1, -0.05) is 44.8 Å². The van der Waals surface area contributed by atoms with Crippen LogP contribution in [0.25, 0.3) is 0 Å². The molecule has 0 amide bonds. The van der Waals surface area contributed by atoms with Crippen molar-refractivity contribution in [2.45, 2.75) is 76.9 Å². The summed E-state index contributed by atoms with van der Waals surface area (Å²) in [5.74, 6) is 2.34. The molecule has 0 aliphatic heterocycles. The third kappa shape index (κ3) is 6.90. The van der Waals surface area contributed by atoms with Crippen molar-refractivity contribution in [1.82, 2.24) is 0 Å². The van der Waals surface area contributed by atoms with Gasteiger partial charge in [0.15, 0.2) is 0 Å². The molecule has 6 atom stereocenters. The highest BCUT2D eigenvalue weighted by molar-refractivity contribution is 7.99. The number of thioether (sulfide) groups is 1. The SMILES string of the molecule is CCCCCCC(O)C=C[C@H]1[C@@H]2CC(CCSCC(=O)O)C[C@H]2C[C@@H]1O. The Morgan fingerprint density at radius 3 is 2.77 bits per heavy atom. The number of hydrogen-bond acceptors (Lipinski definition) is 4. The van der Waals surface area contributed by atoms with Gasteiger partial charge in [0.1, 0.15) is 0 Å². The van der Waals surface area contributed by atoms with E-state index in [1.165, 1.54) is 37.4 Å². The summed E-state index contributed by atoms with van der Waals surface area (Å²) in [7, 11) is 0. The number of aliphatic hydroxyl groups is 2. The van der Waals surface area contributed by atoms with Crippen LogP contribution in [0.1, 0.15) is 64.7 Å². The van der Waals surface area contributed by atoms with E-state index in [9.17, 15) is 15.0 Å². The van der Waals surface area contributed by atoms with Crippen LogP contribution >= 0.6 is 11.8 Å². The fourth-order valence-corrected chi connectivity index (χ4v) is 5.64. The second-order valence-electron chi connectivity index (χ2n) is 8.18. The van der Waals surface area contributed by atoms with Crippen molar-refractivity contribution in [2.24, 2.45) is 23.7 Å². The maximum Gasteiger partial charge on any atom is 0.313 e. The molecule has 3 N–H and O–H groups in total. The fourth-order valence-electron chi connectivity index (χ4n) is 4.82. The quantitative estimate of drug-likeness (QED) is 0.349. The van der Waals surface area contributed by atoms with Gasteiger partial charge in [-0.2, -0.15) is 11.8 Å². The number of carboxylic acids is 1. The smallest absolute Gasteiger partial charge is 0.313 e. The van der Waals surface area contributed by atoms with E-state index in [0.29, 0.717) is 17.8 Å². The fraction of sp³-hybridized carbons (Fsp3) is 0.857. The van der Waals surface area contributed by atoms with E-state index in [2.05, 4.69) is 13.0 Å². The van der Waals surface area contributed by atoms with Gasteiger partial charge in [-0.05, 0) is 55.6 Å². The van der Waals surface area contributed by atoms with Crippen LogP contribution in [-0.4, -0.2) is 45.0 Å². The van der Waals surface area contributed by atoms with Crippen LogP contribution in [0.15, 0.2) is 12.2 Å². The Labute approximate surface area is 162 Å². The van der Waals surface area contributed by atoms with Crippen molar-refractivity contribution >= 4 is 17.7 Å². The molecule has 0 heterocycles. The lowest BCUT2D eigenvalue weighted by atomic mass is 9.89. The number of fused-ring (bicyclic) bond motifs is 1.